The fraction of sp³-hybridized carbons (Fsp3) is 0.0278. The van der Waals surface area contributed by atoms with Gasteiger partial charge in [-0.2, -0.15) is 0 Å². The van der Waals surface area contributed by atoms with Crippen LogP contribution in [-0.2, 0) is 0 Å². The van der Waals surface area contributed by atoms with Gasteiger partial charge in [0.05, 0.1) is 44.5 Å². The van der Waals surface area contributed by atoms with Crippen LogP contribution < -0.4 is 0 Å². The predicted molar refractivity (Wildman–Crippen MR) is 322 cm³/mol. The van der Waals surface area contributed by atoms with Crippen LogP contribution >= 0.6 is 0 Å². The molecule has 0 fully saturated rings. The number of hydrogen-bond donors (Lipinski definition) is 0. The zero-order valence-corrected chi connectivity index (χ0v) is 42.6. The summed E-state index contributed by atoms with van der Waals surface area (Å²) in [6, 6.07) is 94.3. The molecule has 0 N–H and O–H groups in total. The molecule has 5 heteroatoms. The summed E-state index contributed by atoms with van der Waals surface area (Å²) in [5.74, 6) is 0.713. The van der Waals surface area contributed by atoms with E-state index in [1.54, 1.807) is 0 Å². The Hall–Kier alpha value is -10.1. The summed E-state index contributed by atoms with van der Waals surface area (Å²) in [4.78, 5) is 10.1. The minimum Gasteiger partial charge on any atom is -0.309 e. The highest BCUT2D eigenvalue weighted by Gasteiger charge is 2.21. The quantitative estimate of drug-likeness (QED) is 0.152. The third kappa shape index (κ3) is 7.31. The molecule has 0 spiro atoms. The zero-order valence-electron chi connectivity index (χ0n) is 42.6. The van der Waals surface area contributed by atoms with Gasteiger partial charge in [0.15, 0.2) is 5.82 Å². The Bertz CT molecular complexity index is 4430. The van der Waals surface area contributed by atoms with Crippen molar-refractivity contribution in [2.45, 2.75) is 13.8 Å². The van der Waals surface area contributed by atoms with Crippen molar-refractivity contribution in [1.29, 1.82) is 0 Å². The SMILES string of the molecule is Cc1cc(-n2c3ccc(-n4c5ccccc5c5ccccc54)cc3c3cc(-n4c5ccccc5c5ccccc54)ccc32)cc(C)c1-c1ccc(-c2ccc(-c3cc(-c4ccccc4)nc(-c4ccccc4)n3)cc2)cc1. The van der Waals surface area contributed by atoms with Crippen LogP contribution in [0.2, 0.25) is 0 Å². The van der Waals surface area contributed by atoms with Crippen molar-refractivity contribution in [1.82, 2.24) is 23.7 Å². The molecule has 0 aliphatic carbocycles. The number of hydrogen-bond acceptors (Lipinski definition) is 2. The smallest absolute Gasteiger partial charge is 0.160 e. The van der Waals surface area contributed by atoms with E-state index in [4.69, 9.17) is 9.97 Å². The van der Waals surface area contributed by atoms with Crippen LogP contribution in [0, 0.1) is 13.8 Å². The van der Waals surface area contributed by atoms with E-state index in [0.717, 1.165) is 56.3 Å². The molecule has 0 saturated heterocycles. The van der Waals surface area contributed by atoms with Gasteiger partial charge in [0, 0.05) is 66.1 Å². The molecule has 15 aromatic rings. The van der Waals surface area contributed by atoms with E-state index in [1.807, 2.05) is 24.3 Å². The summed E-state index contributed by atoms with van der Waals surface area (Å²) in [6.45, 7) is 4.51. The molecule has 4 heterocycles. The number of nitrogens with zero attached hydrogens (tertiary/aromatic N) is 5. The molecule has 0 bridgehead atoms. The van der Waals surface area contributed by atoms with Crippen LogP contribution in [-0.4, -0.2) is 23.7 Å². The van der Waals surface area contributed by atoms with Crippen molar-refractivity contribution < 1.29 is 0 Å². The highest BCUT2D eigenvalue weighted by Crippen LogP contribution is 2.41. The third-order valence-electron chi connectivity index (χ3n) is 15.7. The fourth-order valence-corrected chi connectivity index (χ4v) is 12.2. The van der Waals surface area contributed by atoms with Gasteiger partial charge < -0.3 is 13.7 Å². The van der Waals surface area contributed by atoms with E-state index in [0.29, 0.717) is 5.82 Å². The number of fused-ring (bicyclic) bond motifs is 9. The topological polar surface area (TPSA) is 40.6 Å². The van der Waals surface area contributed by atoms with Crippen LogP contribution in [0.1, 0.15) is 11.1 Å². The molecule has 0 radical (unpaired) electrons. The number of rotatable bonds is 8. The van der Waals surface area contributed by atoms with Gasteiger partial charge in [0.25, 0.3) is 0 Å². The molecule has 0 aliphatic heterocycles. The van der Waals surface area contributed by atoms with Crippen LogP contribution in [0.4, 0.5) is 0 Å². The second kappa shape index (κ2) is 17.8. The lowest BCUT2D eigenvalue weighted by Gasteiger charge is -2.16. The molecule has 362 valence electrons. The maximum absolute atomic E-state index is 5.06. The van der Waals surface area contributed by atoms with Crippen molar-refractivity contribution in [2.24, 2.45) is 0 Å². The first-order valence-corrected chi connectivity index (χ1v) is 26.4. The highest BCUT2D eigenvalue weighted by molar-refractivity contribution is 6.14. The van der Waals surface area contributed by atoms with Crippen LogP contribution in [0.15, 0.2) is 261 Å². The number of benzene rings is 11. The first-order valence-electron chi connectivity index (χ1n) is 26.4. The highest BCUT2D eigenvalue weighted by atomic mass is 15.0. The maximum atomic E-state index is 5.06. The van der Waals surface area contributed by atoms with Crippen molar-refractivity contribution >= 4 is 65.4 Å². The van der Waals surface area contributed by atoms with Gasteiger partial charge in [-0.3, -0.25) is 0 Å². The van der Waals surface area contributed by atoms with Gasteiger partial charge in [-0.05, 0) is 126 Å². The number of para-hydroxylation sites is 4. The van der Waals surface area contributed by atoms with Gasteiger partial charge in [-0.15, -0.1) is 0 Å². The summed E-state index contributed by atoms with van der Waals surface area (Å²) in [5.41, 5.74) is 22.7. The van der Waals surface area contributed by atoms with Gasteiger partial charge in [0.2, 0.25) is 0 Å². The molecular formula is C72H49N5. The van der Waals surface area contributed by atoms with Gasteiger partial charge in [0.1, 0.15) is 0 Å². The molecule has 0 atom stereocenters. The molecule has 15 rings (SSSR count). The van der Waals surface area contributed by atoms with E-state index < -0.39 is 0 Å². The van der Waals surface area contributed by atoms with Gasteiger partial charge in [-0.25, -0.2) is 9.97 Å². The van der Waals surface area contributed by atoms with Crippen molar-refractivity contribution in [2.75, 3.05) is 0 Å². The summed E-state index contributed by atoms with van der Waals surface area (Å²) >= 11 is 0. The summed E-state index contributed by atoms with van der Waals surface area (Å²) in [5, 5.41) is 7.42. The summed E-state index contributed by atoms with van der Waals surface area (Å²) in [7, 11) is 0. The summed E-state index contributed by atoms with van der Waals surface area (Å²) in [6.07, 6.45) is 0. The van der Waals surface area contributed by atoms with Gasteiger partial charge >= 0.3 is 0 Å². The lowest BCUT2D eigenvalue weighted by atomic mass is 9.93. The Morgan fingerprint density at radius 2 is 0.584 bits per heavy atom. The molecule has 4 aromatic heterocycles. The molecule has 11 aromatic carbocycles. The monoisotopic (exact) mass is 983 g/mol. The lowest BCUT2D eigenvalue weighted by molar-refractivity contribution is 1.15. The second-order valence-corrected chi connectivity index (χ2v) is 20.3. The Morgan fingerprint density at radius 3 is 1.03 bits per heavy atom. The fourth-order valence-electron chi connectivity index (χ4n) is 12.2. The van der Waals surface area contributed by atoms with E-state index in [9.17, 15) is 0 Å². The average molecular weight is 984 g/mol. The van der Waals surface area contributed by atoms with Crippen LogP contribution in [0.5, 0.6) is 0 Å². The molecule has 5 nitrogen and oxygen atoms in total. The lowest BCUT2D eigenvalue weighted by Crippen LogP contribution is -1.99. The normalized spacial score (nSPS) is 11.8. The van der Waals surface area contributed by atoms with Crippen LogP contribution in [0.3, 0.4) is 0 Å². The minimum atomic E-state index is 0.713. The van der Waals surface area contributed by atoms with Crippen molar-refractivity contribution in [3.8, 4) is 73.2 Å². The minimum absolute atomic E-state index is 0.713. The molecule has 0 aliphatic rings. The zero-order chi connectivity index (χ0) is 51.1. The van der Waals surface area contributed by atoms with E-state index in [-0.39, 0.29) is 0 Å². The maximum Gasteiger partial charge on any atom is 0.160 e. The van der Waals surface area contributed by atoms with Crippen molar-refractivity contribution in [3.05, 3.63) is 272 Å². The molecular weight excluding hydrogens is 935 g/mol. The van der Waals surface area contributed by atoms with Crippen molar-refractivity contribution in [3.63, 3.8) is 0 Å². The standard InChI is InChI=1S/C72H49N5/c1-46-41-56(42-47(2)71(46)52-35-31-49(32-36-52)48-29-33-51(34-30-48)64-45-63(50-17-5-3-6-18-50)73-72(74-64)53-19-7-4-8-20-53)77-69-39-37-54(75-65-25-13-9-21-57(65)58-22-10-14-26-66(58)75)43-61(69)62-44-55(38-40-70(62)77)76-67-27-15-11-23-59(67)60-24-12-16-28-68(60)76/h3-45H,1-2H3. The second-order valence-electron chi connectivity index (χ2n) is 20.3. The number of aryl methyl sites for hydroxylation is 2. The first kappa shape index (κ1) is 44.4. The third-order valence-corrected chi connectivity index (χ3v) is 15.7. The van der Waals surface area contributed by atoms with E-state index in [1.165, 1.54) is 87.7 Å². The molecule has 0 unspecified atom stereocenters. The largest absolute Gasteiger partial charge is 0.309 e. The molecule has 77 heavy (non-hydrogen) atoms. The first-order chi connectivity index (χ1) is 38.0. The number of aromatic nitrogens is 5. The Balaban J connectivity index is 0.813. The summed E-state index contributed by atoms with van der Waals surface area (Å²) < 4.78 is 7.33. The van der Waals surface area contributed by atoms with E-state index in [2.05, 4.69) is 264 Å². The van der Waals surface area contributed by atoms with E-state index >= 15 is 0 Å². The predicted octanol–water partition coefficient (Wildman–Crippen LogP) is 18.7. The van der Waals surface area contributed by atoms with Gasteiger partial charge in [-0.1, -0.05) is 182 Å². The Morgan fingerprint density at radius 1 is 0.247 bits per heavy atom. The molecule has 0 amide bonds. The average Bonchev–Trinajstić information content (AvgIpc) is 4.13. The molecule has 0 saturated carbocycles. The Labute approximate surface area is 445 Å². The van der Waals surface area contributed by atoms with Crippen LogP contribution in [0.25, 0.3) is 139 Å². The Kier molecular flexibility index (Phi) is 10.3.